The molecule has 0 aliphatic carbocycles. The standard InChI is InChI=1S/C19H23N3O4S/c1-12-8-13(2)18(14(3)9-12)21-17(23)11-22(4)19(24)15-6-5-7-16(10-15)27(20,25)26/h5-10H,11H2,1-4H3,(H,21,23)(H2,20,25,26). The quantitative estimate of drug-likeness (QED) is 0.814. The van der Waals surface area contributed by atoms with Crippen LogP contribution in [0.2, 0.25) is 0 Å². The van der Waals surface area contributed by atoms with E-state index >= 15 is 0 Å². The van der Waals surface area contributed by atoms with Gasteiger partial charge in [0.25, 0.3) is 5.91 Å². The van der Waals surface area contributed by atoms with Gasteiger partial charge in [-0.1, -0.05) is 23.8 Å². The lowest BCUT2D eigenvalue weighted by Gasteiger charge is -2.19. The molecule has 0 aromatic heterocycles. The fraction of sp³-hybridized carbons (Fsp3) is 0.263. The number of nitrogens with two attached hydrogens (primary N) is 1. The Morgan fingerprint density at radius 1 is 1.07 bits per heavy atom. The minimum Gasteiger partial charge on any atom is -0.332 e. The van der Waals surface area contributed by atoms with Crippen molar-refractivity contribution in [2.24, 2.45) is 5.14 Å². The predicted octanol–water partition coefficient (Wildman–Crippen LogP) is 1.97. The fourth-order valence-corrected chi connectivity index (χ4v) is 3.43. The molecule has 0 fully saturated rings. The summed E-state index contributed by atoms with van der Waals surface area (Å²) in [6, 6.07) is 9.34. The van der Waals surface area contributed by atoms with Crippen LogP contribution in [0.15, 0.2) is 41.3 Å². The predicted molar refractivity (Wildman–Crippen MR) is 104 cm³/mol. The van der Waals surface area contributed by atoms with Crippen molar-refractivity contribution in [3.8, 4) is 0 Å². The largest absolute Gasteiger partial charge is 0.332 e. The van der Waals surface area contributed by atoms with Crippen LogP contribution in [0.4, 0.5) is 5.69 Å². The van der Waals surface area contributed by atoms with Gasteiger partial charge in [0.05, 0.1) is 11.4 Å². The number of nitrogens with zero attached hydrogens (tertiary/aromatic N) is 1. The van der Waals surface area contributed by atoms with Gasteiger partial charge < -0.3 is 10.2 Å². The summed E-state index contributed by atoms with van der Waals surface area (Å²) in [6.07, 6.45) is 0. The molecule has 0 unspecified atom stereocenters. The van der Waals surface area contributed by atoms with Crippen LogP contribution >= 0.6 is 0 Å². The van der Waals surface area contributed by atoms with Crippen LogP contribution in [0.1, 0.15) is 27.0 Å². The molecular formula is C19H23N3O4S. The summed E-state index contributed by atoms with van der Waals surface area (Å²) >= 11 is 0. The maximum Gasteiger partial charge on any atom is 0.254 e. The second-order valence-corrected chi connectivity index (χ2v) is 8.12. The first-order valence-corrected chi connectivity index (χ1v) is 9.79. The number of primary sulfonamides is 1. The van der Waals surface area contributed by atoms with Gasteiger partial charge in [-0.15, -0.1) is 0 Å². The van der Waals surface area contributed by atoms with E-state index in [1.54, 1.807) is 0 Å². The number of likely N-dealkylation sites (N-methyl/N-ethyl adjacent to an activating group) is 1. The second kappa shape index (κ2) is 7.89. The number of nitrogens with one attached hydrogen (secondary N) is 1. The summed E-state index contributed by atoms with van der Waals surface area (Å²) in [5.74, 6) is -0.823. The average Bonchev–Trinajstić information content (AvgIpc) is 2.56. The van der Waals surface area contributed by atoms with Crippen LogP contribution in [0.3, 0.4) is 0 Å². The average molecular weight is 389 g/mol. The zero-order chi connectivity index (χ0) is 20.4. The minimum absolute atomic E-state index is 0.138. The molecule has 0 aliphatic heterocycles. The topological polar surface area (TPSA) is 110 Å². The minimum atomic E-state index is -3.91. The van der Waals surface area contributed by atoms with Crippen LogP contribution < -0.4 is 10.5 Å². The van der Waals surface area contributed by atoms with Crippen LogP contribution in [0, 0.1) is 20.8 Å². The zero-order valence-electron chi connectivity index (χ0n) is 15.7. The maximum absolute atomic E-state index is 12.5. The van der Waals surface area contributed by atoms with Gasteiger partial charge in [-0.05, 0) is 50.1 Å². The third-order valence-corrected chi connectivity index (χ3v) is 4.99. The first kappa shape index (κ1) is 20.6. The molecule has 3 N–H and O–H groups in total. The lowest BCUT2D eigenvalue weighted by molar-refractivity contribution is -0.116. The van der Waals surface area contributed by atoms with E-state index < -0.39 is 15.9 Å². The SMILES string of the molecule is Cc1cc(C)c(NC(=O)CN(C)C(=O)c2cccc(S(N)(=O)=O)c2)c(C)c1. The van der Waals surface area contributed by atoms with Gasteiger partial charge in [-0.3, -0.25) is 9.59 Å². The summed E-state index contributed by atoms with van der Waals surface area (Å²) in [4.78, 5) is 25.9. The van der Waals surface area contributed by atoms with Gasteiger partial charge in [0.15, 0.2) is 0 Å². The normalized spacial score (nSPS) is 11.1. The summed E-state index contributed by atoms with van der Waals surface area (Å²) in [5, 5.41) is 7.92. The van der Waals surface area contributed by atoms with Crippen molar-refractivity contribution in [2.75, 3.05) is 18.9 Å². The molecule has 0 radical (unpaired) electrons. The van der Waals surface area contributed by atoms with E-state index in [0.29, 0.717) is 0 Å². The van der Waals surface area contributed by atoms with Gasteiger partial charge in [0, 0.05) is 18.3 Å². The van der Waals surface area contributed by atoms with Crippen LogP contribution in [0.5, 0.6) is 0 Å². The van der Waals surface area contributed by atoms with Gasteiger partial charge in [-0.2, -0.15) is 0 Å². The Balaban J connectivity index is 2.12. The Morgan fingerprint density at radius 2 is 1.67 bits per heavy atom. The van der Waals surface area contributed by atoms with E-state index in [1.807, 2.05) is 32.9 Å². The van der Waals surface area contributed by atoms with Crippen LogP contribution in [-0.2, 0) is 14.8 Å². The number of rotatable bonds is 5. The number of benzene rings is 2. The number of anilines is 1. The number of sulfonamides is 1. The maximum atomic E-state index is 12.5. The monoisotopic (exact) mass is 389 g/mol. The first-order chi connectivity index (χ1) is 12.5. The van der Waals surface area contributed by atoms with Gasteiger partial charge >= 0.3 is 0 Å². The lowest BCUT2D eigenvalue weighted by Crippen LogP contribution is -2.35. The van der Waals surface area contributed by atoms with Crippen molar-refractivity contribution in [1.29, 1.82) is 0 Å². The molecule has 8 heteroatoms. The highest BCUT2D eigenvalue weighted by Gasteiger charge is 2.18. The number of carbonyl (C=O) groups excluding carboxylic acids is 2. The molecule has 0 heterocycles. The highest BCUT2D eigenvalue weighted by atomic mass is 32.2. The van der Waals surface area contributed by atoms with E-state index in [9.17, 15) is 18.0 Å². The van der Waals surface area contributed by atoms with E-state index in [2.05, 4.69) is 5.32 Å². The molecule has 27 heavy (non-hydrogen) atoms. The number of hydrogen-bond acceptors (Lipinski definition) is 4. The molecule has 0 spiro atoms. The number of amides is 2. The fourth-order valence-electron chi connectivity index (χ4n) is 2.87. The molecule has 2 aromatic carbocycles. The summed E-state index contributed by atoms with van der Waals surface area (Å²) in [5.41, 5.74) is 3.85. The summed E-state index contributed by atoms with van der Waals surface area (Å²) in [7, 11) is -2.44. The molecule has 0 saturated carbocycles. The molecule has 2 aromatic rings. The van der Waals surface area contributed by atoms with Crippen molar-refractivity contribution >= 4 is 27.5 Å². The smallest absolute Gasteiger partial charge is 0.254 e. The van der Waals surface area contributed by atoms with E-state index in [-0.39, 0.29) is 22.9 Å². The Morgan fingerprint density at radius 3 is 2.22 bits per heavy atom. The lowest BCUT2D eigenvalue weighted by atomic mass is 10.1. The Labute approximate surface area is 159 Å². The van der Waals surface area contributed by atoms with Crippen molar-refractivity contribution in [1.82, 2.24) is 4.90 Å². The molecule has 0 aliphatic rings. The van der Waals surface area contributed by atoms with Gasteiger partial charge in [0.2, 0.25) is 15.9 Å². The Bertz CT molecular complexity index is 977. The van der Waals surface area contributed by atoms with E-state index in [0.717, 1.165) is 22.4 Å². The van der Waals surface area contributed by atoms with Crippen molar-refractivity contribution < 1.29 is 18.0 Å². The Hall–Kier alpha value is -2.71. The molecule has 0 atom stereocenters. The molecule has 0 bridgehead atoms. The number of carbonyl (C=O) groups is 2. The Kier molecular flexibility index (Phi) is 6.02. The molecular weight excluding hydrogens is 366 g/mol. The zero-order valence-corrected chi connectivity index (χ0v) is 16.6. The van der Waals surface area contributed by atoms with Crippen molar-refractivity contribution in [2.45, 2.75) is 25.7 Å². The second-order valence-electron chi connectivity index (χ2n) is 6.56. The molecule has 2 rings (SSSR count). The summed E-state index contributed by atoms with van der Waals surface area (Å²) in [6.45, 7) is 5.62. The van der Waals surface area contributed by atoms with Gasteiger partial charge in [-0.25, -0.2) is 13.6 Å². The number of hydrogen-bond donors (Lipinski definition) is 2. The van der Waals surface area contributed by atoms with E-state index in [1.165, 1.54) is 36.2 Å². The highest BCUT2D eigenvalue weighted by Crippen LogP contribution is 2.22. The third kappa shape index (κ3) is 5.15. The molecule has 0 saturated heterocycles. The molecule has 2 amide bonds. The van der Waals surface area contributed by atoms with Crippen LogP contribution in [-0.4, -0.2) is 38.7 Å². The highest BCUT2D eigenvalue weighted by molar-refractivity contribution is 7.89. The third-order valence-electron chi connectivity index (χ3n) is 4.08. The van der Waals surface area contributed by atoms with Crippen molar-refractivity contribution in [3.63, 3.8) is 0 Å². The summed E-state index contributed by atoms with van der Waals surface area (Å²) < 4.78 is 22.9. The van der Waals surface area contributed by atoms with Gasteiger partial charge in [0.1, 0.15) is 0 Å². The molecule has 7 nitrogen and oxygen atoms in total. The van der Waals surface area contributed by atoms with E-state index in [4.69, 9.17) is 5.14 Å². The first-order valence-electron chi connectivity index (χ1n) is 8.25. The van der Waals surface area contributed by atoms with Crippen LogP contribution in [0.25, 0.3) is 0 Å². The molecule has 144 valence electrons. The van der Waals surface area contributed by atoms with Crippen molar-refractivity contribution in [3.05, 3.63) is 58.7 Å². The number of aryl methyl sites for hydroxylation is 3.